The van der Waals surface area contributed by atoms with Gasteiger partial charge in [0.2, 0.25) is 0 Å². The molecule has 1 nitrogen and oxygen atoms in total. The summed E-state index contributed by atoms with van der Waals surface area (Å²) < 4.78 is 0. The molecule has 0 aromatic carbocycles. The second-order valence-corrected chi connectivity index (χ2v) is 3.75. The zero-order valence-corrected chi connectivity index (χ0v) is 8.80. The van der Waals surface area contributed by atoms with Crippen LogP contribution in [0.3, 0.4) is 0 Å². The molecule has 0 rings (SSSR count). The summed E-state index contributed by atoms with van der Waals surface area (Å²) in [4.78, 5) is 0. The molecule has 2 atom stereocenters. The monoisotopic (exact) mass is 177 g/mol. The molecule has 0 aromatic rings. The van der Waals surface area contributed by atoms with Crippen LogP contribution < -0.4 is 0 Å². The molecular weight excluding hydrogens is 158 g/mol. The molecule has 0 saturated carbocycles. The summed E-state index contributed by atoms with van der Waals surface area (Å²) in [6, 6.07) is 0. The van der Waals surface area contributed by atoms with Gasteiger partial charge in [-0.15, -0.1) is 6.42 Å². The van der Waals surface area contributed by atoms with Crippen LogP contribution in [0.25, 0.3) is 0 Å². The zero-order valence-electron chi connectivity index (χ0n) is 8.80. The summed E-state index contributed by atoms with van der Waals surface area (Å²) >= 11 is 0. The van der Waals surface area contributed by atoms with Crippen molar-refractivity contribution < 1.29 is 0 Å². The van der Waals surface area contributed by atoms with Gasteiger partial charge in [0.15, 0.2) is 0 Å². The number of allylic oxidation sites excluding steroid dienone is 2. The van der Waals surface area contributed by atoms with Crippen molar-refractivity contribution >= 4 is 6.21 Å². The Morgan fingerprint density at radius 2 is 2.15 bits per heavy atom. The van der Waals surface area contributed by atoms with E-state index in [1.165, 1.54) is 6.21 Å². The maximum atomic E-state index is 6.98. The number of hydrogen-bond donors (Lipinski definition) is 1. The van der Waals surface area contributed by atoms with Crippen LogP contribution >= 0.6 is 0 Å². The third-order valence-electron chi connectivity index (χ3n) is 2.06. The van der Waals surface area contributed by atoms with Gasteiger partial charge in [-0.2, -0.15) is 0 Å². The highest BCUT2D eigenvalue weighted by atomic mass is 14.3. The van der Waals surface area contributed by atoms with Crippen LogP contribution in [0, 0.1) is 29.6 Å². The Hall–Kier alpha value is -1.03. The van der Waals surface area contributed by atoms with Crippen LogP contribution in [-0.4, -0.2) is 6.21 Å². The highest BCUT2D eigenvalue weighted by molar-refractivity contribution is 5.53. The molecule has 0 aromatic heterocycles. The lowest BCUT2D eigenvalue weighted by Gasteiger charge is -2.12. The van der Waals surface area contributed by atoms with Gasteiger partial charge < -0.3 is 5.41 Å². The molecule has 0 aliphatic rings. The van der Waals surface area contributed by atoms with E-state index in [9.17, 15) is 0 Å². The van der Waals surface area contributed by atoms with Crippen molar-refractivity contribution in [2.24, 2.45) is 11.8 Å². The van der Waals surface area contributed by atoms with Gasteiger partial charge >= 0.3 is 0 Å². The van der Waals surface area contributed by atoms with Crippen LogP contribution in [0.4, 0.5) is 0 Å². The van der Waals surface area contributed by atoms with Gasteiger partial charge in [0.05, 0.1) is 0 Å². The normalized spacial score (nSPS) is 16.0. The Morgan fingerprint density at radius 3 is 2.62 bits per heavy atom. The maximum absolute atomic E-state index is 6.98. The fourth-order valence-corrected chi connectivity index (χ4v) is 1.48. The SMILES string of the molecule is C#C/C(C)=C/C(C)CC(C)CC=N. The molecule has 13 heavy (non-hydrogen) atoms. The third-order valence-corrected chi connectivity index (χ3v) is 2.06. The third kappa shape index (κ3) is 6.16. The first-order chi connectivity index (χ1) is 6.10. The van der Waals surface area contributed by atoms with Gasteiger partial charge in [-0.1, -0.05) is 25.8 Å². The average Bonchev–Trinajstić information content (AvgIpc) is 2.04. The predicted octanol–water partition coefficient (Wildman–Crippen LogP) is 3.27. The molecule has 0 aliphatic carbocycles. The first-order valence-electron chi connectivity index (χ1n) is 4.74. The Balaban J connectivity index is 3.94. The molecule has 0 spiro atoms. The minimum absolute atomic E-state index is 0.519. The highest BCUT2D eigenvalue weighted by Gasteiger charge is 2.05. The maximum Gasteiger partial charge on any atom is -0.00451 e. The van der Waals surface area contributed by atoms with Crippen molar-refractivity contribution in [2.75, 3.05) is 0 Å². The van der Waals surface area contributed by atoms with Gasteiger partial charge in [0, 0.05) is 0 Å². The smallest absolute Gasteiger partial charge is 0.00451 e. The highest BCUT2D eigenvalue weighted by Crippen LogP contribution is 2.16. The summed E-state index contributed by atoms with van der Waals surface area (Å²) in [6.07, 6.45) is 10.8. The number of hydrogen-bond acceptors (Lipinski definition) is 1. The zero-order chi connectivity index (χ0) is 10.3. The average molecular weight is 177 g/mol. The summed E-state index contributed by atoms with van der Waals surface area (Å²) in [5.74, 6) is 3.71. The molecular formula is C12H19N. The molecule has 1 heteroatoms. The Morgan fingerprint density at radius 1 is 1.54 bits per heavy atom. The number of terminal acetylenes is 1. The predicted molar refractivity (Wildman–Crippen MR) is 58.9 cm³/mol. The van der Waals surface area contributed by atoms with Gasteiger partial charge in [0.25, 0.3) is 0 Å². The van der Waals surface area contributed by atoms with E-state index < -0.39 is 0 Å². The molecule has 0 saturated heterocycles. The lowest BCUT2D eigenvalue weighted by Crippen LogP contribution is -2.01. The van der Waals surface area contributed by atoms with E-state index in [1.807, 2.05) is 6.92 Å². The van der Waals surface area contributed by atoms with Crippen molar-refractivity contribution in [3.05, 3.63) is 11.6 Å². The van der Waals surface area contributed by atoms with E-state index in [4.69, 9.17) is 11.8 Å². The fraction of sp³-hybridized carbons (Fsp3) is 0.583. The van der Waals surface area contributed by atoms with E-state index in [0.717, 1.165) is 18.4 Å². The Labute approximate surface area is 81.7 Å². The van der Waals surface area contributed by atoms with Gasteiger partial charge in [-0.25, -0.2) is 0 Å². The lowest BCUT2D eigenvalue weighted by molar-refractivity contribution is 0.482. The first kappa shape index (κ1) is 12.0. The molecule has 1 N–H and O–H groups in total. The molecule has 0 amide bonds. The second kappa shape index (κ2) is 6.48. The van der Waals surface area contributed by atoms with Crippen molar-refractivity contribution in [3.8, 4) is 12.3 Å². The van der Waals surface area contributed by atoms with Crippen LogP contribution in [0.1, 0.15) is 33.6 Å². The second-order valence-electron chi connectivity index (χ2n) is 3.75. The van der Waals surface area contributed by atoms with Gasteiger partial charge in [-0.05, 0) is 43.4 Å². The van der Waals surface area contributed by atoms with E-state index in [1.54, 1.807) is 0 Å². The van der Waals surface area contributed by atoms with E-state index >= 15 is 0 Å². The quantitative estimate of drug-likeness (QED) is 0.492. The van der Waals surface area contributed by atoms with Crippen molar-refractivity contribution in [1.29, 1.82) is 5.41 Å². The summed E-state index contributed by atoms with van der Waals surface area (Å²) in [5, 5.41) is 6.98. The lowest BCUT2D eigenvalue weighted by atomic mass is 9.94. The standard InChI is InChI=1S/C12H19N/c1-5-10(2)8-12(4)9-11(3)6-7-13/h1,7-8,11-13H,6,9H2,2-4H3/b10-8+,13-7?. The minimum atomic E-state index is 0.519. The van der Waals surface area contributed by atoms with E-state index in [-0.39, 0.29) is 0 Å². The molecule has 0 heterocycles. The van der Waals surface area contributed by atoms with Crippen molar-refractivity contribution in [2.45, 2.75) is 33.6 Å². The van der Waals surface area contributed by atoms with Crippen LogP contribution in [0.15, 0.2) is 11.6 Å². The first-order valence-corrected chi connectivity index (χ1v) is 4.74. The van der Waals surface area contributed by atoms with E-state index in [2.05, 4.69) is 25.8 Å². The summed E-state index contributed by atoms with van der Waals surface area (Å²) in [5.41, 5.74) is 1.01. The molecule has 0 aliphatic heterocycles. The molecule has 72 valence electrons. The topological polar surface area (TPSA) is 23.9 Å². The van der Waals surface area contributed by atoms with Crippen LogP contribution in [0.2, 0.25) is 0 Å². The molecule has 0 fully saturated rings. The Bertz CT molecular complexity index is 220. The summed E-state index contributed by atoms with van der Waals surface area (Å²) in [7, 11) is 0. The van der Waals surface area contributed by atoms with Crippen molar-refractivity contribution in [1.82, 2.24) is 0 Å². The van der Waals surface area contributed by atoms with Gasteiger partial charge in [0.1, 0.15) is 0 Å². The molecule has 0 radical (unpaired) electrons. The Kier molecular flexibility index (Phi) is 5.97. The van der Waals surface area contributed by atoms with Gasteiger partial charge in [-0.3, -0.25) is 0 Å². The molecule has 2 unspecified atom stereocenters. The molecule has 0 bridgehead atoms. The number of nitrogens with one attached hydrogen (secondary N) is 1. The summed E-state index contributed by atoms with van der Waals surface area (Å²) in [6.45, 7) is 6.29. The van der Waals surface area contributed by atoms with Crippen LogP contribution in [-0.2, 0) is 0 Å². The van der Waals surface area contributed by atoms with Crippen LogP contribution in [0.5, 0.6) is 0 Å². The van der Waals surface area contributed by atoms with E-state index in [0.29, 0.717) is 11.8 Å². The fourth-order valence-electron chi connectivity index (χ4n) is 1.48. The minimum Gasteiger partial charge on any atom is -0.313 e. The largest absolute Gasteiger partial charge is 0.313 e. The number of rotatable bonds is 5. The van der Waals surface area contributed by atoms with Crippen molar-refractivity contribution in [3.63, 3.8) is 0 Å².